The van der Waals surface area contributed by atoms with Gasteiger partial charge in [0.1, 0.15) is 5.82 Å². The van der Waals surface area contributed by atoms with Gasteiger partial charge in [-0.2, -0.15) is 0 Å². The number of rotatable bonds is 9. The number of hydrogen-bond donors (Lipinski definition) is 1. The maximum atomic E-state index is 13.3. The van der Waals surface area contributed by atoms with E-state index in [1.54, 1.807) is 23.1 Å². The van der Waals surface area contributed by atoms with Crippen LogP contribution in [-0.2, 0) is 14.3 Å². The molecule has 2 amide bonds. The molecule has 3 aromatic carbocycles. The van der Waals surface area contributed by atoms with Gasteiger partial charge in [-0.3, -0.25) is 9.59 Å². The van der Waals surface area contributed by atoms with Crippen molar-refractivity contribution in [3.05, 3.63) is 82.6 Å². The number of esters is 1. The topological polar surface area (TPSA) is 75.7 Å². The third-order valence-corrected chi connectivity index (χ3v) is 5.99. The Labute approximate surface area is 215 Å². The van der Waals surface area contributed by atoms with Crippen molar-refractivity contribution in [1.29, 1.82) is 0 Å². The van der Waals surface area contributed by atoms with Crippen LogP contribution in [0.4, 0.5) is 15.8 Å². The van der Waals surface area contributed by atoms with Crippen molar-refractivity contribution in [2.24, 2.45) is 0 Å². The average Bonchev–Trinajstić information content (AvgIpc) is 2.86. The van der Waals surface area contributed by atoms with Gasteiger partial charge in [-0.1, -0.05) is 35.9 Å². The van der Waals surface area contributed by atoms with E-state index in [1.807, 2.05) is 32.0 Å². The Balaban J connectivity index is 1.64. The van der Waals surface area contributed by atoms with E-state index in [9.17, 15) is 18.8 Å². The highest BCUT2D eigenvalue weighted by atomic mass is 35.5. The molecule has 0 aromatic heterocycles. The molecule has 0 aliphatic carbocycles. The van der Waals surface area contributed by atoms with Gasteiger partial charge in [-0.25, -0.2) is 9.18 Å². The highest BCUT2D eigenvalue weighted by Crippen LogP contribution is 2.29. The molecule has 3 rings (SSSR count). The molecule has 3 aromatic rings. The molecular formula is C28H28ClFN2O4. The van der Waals surface area contributed by atoms with Crippen molar-refractivity contribution in [2.75, 3.05) is 23.9 Å². The van der Waals surface area contributed by atoms with Crippen molar-refractivity contribution in [2.45, 2.75) is 33.1 Å². The first-order chi connectivity index (χ1) is 17.2. The molecule has 0 saturated carbocycles. The Morgan fingerprint density at radius 3 is 2.33 bits per heavy atom. The van der Waals surface area contributed by atoms with E-state index in [4.69, 9.17) is 16.3 Å². The van der Waals surface area contributed by atoms with Gasteiger partial charge >= 0.3 is 5.97 Å². The van der Waals surface area contributed by atoms with E-state index in [0.717, 1.165) is 22.4 Å². The van der Waals surface area contributed by atoms with Crippen LogP contribution in [0.1, 0.15) is 42.1 Å². The van der Waals surface area contributed by atoms with Crippen LogP contribution in [0.5, 0.6) is 0 Å². The lowest BCUT2D eigenvalue weighted by Crippen LogP contribution is -2.31. The highest BCUT2D eigenvalue weighted by Gasteiger charge is 2.18. The number of nitrogens with one attached hydrogen (secondary N) is 1. The van der Waals surface area contributed by atoms with Gasteiger partial charge in [0, 0.05) is 30.1 Å². The van der Waals surface area contributed by atoms with Crippen LogP contribution in [0.15, 0.2) is 60.7 Å². The second kappa shape index (κ2) is 12.3. The molecule has 0 atom stereocenters. The van der Waals surface area contributed by atoms with Gasteiger partial charge in [0.05, 0.1) is 18.4 Å². The number of halogens is 2. The molecule has 0 bridgehead atoms. The maximum absolute atomic E-state index is 13.3. The number of hydrogen-bond acceptors (Lipinski definition) is 4. The van der Waals surface area contributed by atoms with Crippen LogP contribution in [0.2, 0.25) is 5.02 Å². The number of methoxy groups -OCH3 is 1. The predicted octanol–water partition coefficient (Wildman–Crippen LogP) is 6.40. The van der Waals surface area contributed by atoms with E-state index in [2.05, 4.69) is 5.32 Å². The molecule has 0 aliphatic rings. The minimum absolute atomic E-state index is 0.0983. The number of aryl methyl sites for hydroxylation is 1. The van der Waals surface area contributed by atoms with Crippen LogP contribution >= 0.6 is 11.6 Å². The van der Waals surface area contributed by atoms with Crippen LogP contribution in [0.25, 0.3) is 11.1 Å². The molecule has 0 unspecified atom stereocenters. The molecule has 1 N–H and O–H groups in total. The van der Waals surface area contributed by atoms with Gasteiger partial charge in [0.25, 0.3) is 0 Å². The molecule has 0 heterocycles. The van der Waals surface area contributed by atoms with Crippen LogP contribution < -0.4 is 10.2 Å². The fraction of sp³-hybridized carbons (Fsp3) is 0.250. The Morgan fingerprint density at radius 1 is 0.972 bits per heavy atom. The zero-order valence-corrected chi connectivity index (χ0v) is 21.2. The number of nitrogens with zero attached hydrogens (tertiary/aromatic N) is 1. The largest absolute Gasteiger partial charge is 0.465 e. The Kier molecular flexibility index (Phi) is 9.19. The molecular weight excluding hydrogens is 483 g/mol. The van der Waals surface area contributed by atoms with Gasteiger partial charge < -0.3 is 15.0 Å². The van der Waals surface area contributed by atoms with Gasteiger partial charge in [0.2, 0.25) is 11.8 Å². The van der Waals surface area contributed by atoms with Crippen molar-refractivity contribution in [1.82, 2.24) is 0 Å². The summed E-state index contributed by atoms with van der Waals surface area (Å²) in [5.74, 6) is -1.35. The van der Waals surface area contributed by atoms with E-state index in [1.165, 1.54) is 31.4 Å². The maximum Gasteiger partial charge on any atom is 0.340 e. The highest BCUT2D eigenvalue weighted by molar-refractivity contribution is 6.31. The molecule has 36 heavy (non-hydrogen) atoms. The number of carbonyl (C=O) groups excluding carboxylic acids is 3. The lowest BCUT2D eigenvalue weighted by atomic mass is 10.0. The molecule has 0 fully saturated rings. The molecule has 0 aliphatic heterocycles. The summed E-state index contributed by atoms with van der Waals surface area (Å²) in [6, 6.07) is 16.5. The number of ether oxygens (including phenoxy) is 1. The molecule has 0 radical (unpaired) electrons. The van der Waals surface area contributed by atoms with Gasteiger partial charge in [0.15, 0.2) is 0 Å². The minimum atomic E-state index is -0.611. The van der Waals surface area contributed by atoms with Crippen molar-refractivity contribution in [3.63, 3.8) is 0 Å². The SMILES string of the molecule is CCN(C(=O)CCCC(=O)Nc1ccc(Cl)cc1C(=O)OC)c1cc(-c2ccc(F)cc2)ccc1C. The second-order valence-electron chi connectivity index (χ2n) is 8.23. The van der Waals surface area contributed by atoms with E-state index in [0.29, 0.717) is 23.7 Å². The summed E-state index contributed by atoms with van der Waals surface area (Å²) < 4.78 is 18.1. The lowest BCUT2D eigenvalue weighted by Gasteiger charge is -2.24. The van der Waals surface area contributed by atoms with Gasteiger partial charge in [-0.05, 0) is 73.4 Å². The van der Waals surface area contributed by atoms with E-state index in [-0.39, 0.29) is 36.0 Å². The number of carbonyl (C=O) groups is 3. The quantitative estimate of drug-likeness (QED) is 0.338. The first-order valence-electron chi connectivity index (χ1n) is 11.6. The van der Waals surface area contributed by atoms with Crippen molar-refractivity contribution < 1.29 is 23.5 Å². The van der Waals surface area contributed by atoms with Crippen LogP contribution in [0.3, 0.4) is 0 Å². The standard InChI is InChI=1S/C28H28ClFN2O4/c1-4-32(25-16-20(9-8-18(25)2)19-10-13-22(30)14-11-19)27(34)7-5-6-26(33)31-24-15-12-21(29)17-23(24)28(35)36-3/h8-17H,4-7H2,1-3H3,(H,31,33). The van der Waals surface area contributed by atoms with E-state index >= 15 is 0 Å². The summed E-state index contributed by atoms with van der Waals surface area (Å²) in [5.41, 5.74) is 3.90. The van der Waals surface area contributed by atoms with Crippen LogP contribution in [0, 0.1) is 12.7 Å². The first kappa shape index (κ1) is 26.9. The van der Waals surface area contributed by atoms with Crippen molar-refractivity contribution in [3.8, 4) is 11.1 Å². The zero-order chi connectivity index (χ0) is 26.2. The van der Waals surface area contributed by atoms with Gasteiger partial charge in [-0.15, -0.1) is 0 Å². The second-order valence-corrected chi connectivity index (χ2v) is 8.67. The summed E-state index contributed by atoms with van der Waals surface area (Å²) in [7, 11) is 1.25. The van der Waals surface area contributed by atoms with E-state index < -0.39 is 5.97 Å². The monoisotopic (exact) mass is 510 g/mol. The predicted molar refractivity (Wildman–Crippen MR) is 140 cm³/mol. The Hall–Kier alpha value is -3.71. The first-order valence-corrected chi connectivity index (χ1v) is 12.0. The third kappa shape index (κ3) is 6.70. The summed E-state index contributed by atoms with van der Waals surface area (Å²) in [6.07, 6.45) is 0.603. The third-order valence-electron chi connectivity index (χ3n) is 5.75. The molecule has 6 nitrogen and oxygen atoms in total. The van der Waals surface area contributed by atoms with Crippen LogP contribution in [-0.4, -0.2) is 31.4 Å². The molecule has 188 valence electrons. The Morgan fingerprint density at radius 2 is 1.67 bits per heavy atom. The number of benzene rings is 3. The number of amides is 2. The van der Waals surface area contributed by atoms with Crippen molar-refractivity contribution >= 4 is 40.8 Å². The summed E-state index contributed by atoms with van der Waals surface area (Å²) in [5, 5.41) is 3.04. The average molecular weight is 511 g/mol. The smallest absolute Gasteiger partial charge is 0.340 e. The summed E-state index contributed by atoms with van der Waals surface area (Å²) >= 11 is 5.95. The normalized spacial score (nSPS) is 10.6. The lowest BCUT2D eigenvalue weighted by molar-refractivity contribution is -0.119. The Bertz CT molecular complexity index is 1260. The number of anilines is 2. The fourth-order valence-electron chi connectivity index (χ4n) is 3.86. The summed E-state index contributed by atoms with van der Waals surface area (Å²) in [4.78, 5) is 39.2. The molecule has 0 saturated heterocycles. The molecule has 8 heteroatoms. The fourth-order valence-corrected chi connectivity index (χ4v) is 4.03. The molecule has 0 spiro atoms. The summed E-state index contributed by atoms with van der Waals surface area (Å²) in [6.45, 7) is 4.29. The zero-order valence-electron chi connectivity index (χ0n) is 20.4. The minimum Gasteiger partial charge on any atom is -0.465 e.